The number of amides is 2. The Labute approximate surface area is 164 Å². The van der Waals surface area contributed by atoms with Gasteiger partial charge in [-0.1, -0.05) is 37.3 Å². The molecule has 1 aliphatic carbocycles. The molecule has 3 rings (SSSR count). The number of carbonyl (C=O) groups excluding carboxylic acids is 2. The number of rotatable bonds is 8. The highest BCUT2D eigenvalue weighted by molar-refractivity contribution is 6.39. The molecule has 1 heterocycles. The first-order chi connectivity index (χ1) is 13.5. The van der Waals surface area contributed by atoms with Crippen molar-refractivity contribution in [2.24, 2.45) is 5.10 Å². The lowest BCUT2D eigenvalue weighted by Gasteiger charge is -2.42. The van der Waals surface area contributed by atoms with Gasteiger partial charge in [0.25, 0.3) is 5.91 Å². The second-order valence-corrected chi connectivity index (χ2v) is 7.24. The van der Waals surface area contributed by atoms with Crippen LogP contribution in [0, 0.1) is 0 Å². The van der Waals surface area contributed by atoms with E-state index in [0.29, 0.717) is 25.2 Å². The average Bonchev–Trinajstić information content (AvgIpc) is 2.65. The number of aliphatic carboxylic acids is 1. The summed E-state index contributed by atoms with van der Waals surface area (Å²) in [6, 6.07) is 9.74. The molecule has 1 saturated carbocycles. The van der Waals surface area contributed by atoms with Gasteiger partial charge in [-0.3, -0.25) is 19.3 Å². The number of carbonyl (C=O) groups is 3. The van der Waals surface area contributed by atoms with E-state index in [4.69, 9.17) is 5.11 Å². The second kappa shape index (κ2) is 8.97. The molecule has 1 aromatic rings. The minimum atomic E-state index is -0.839. The van der Waals surface area contributed by atoms with Crippen LogP contribution >= 0.6 is 0 Å². The highest BCUT2D eigenvalue weighted by Crippen LogP contribution is 2.26. The number of benzene rings is 1. The monoisotopic (exact) mass is 386 g/mol. The van der Waals surface area contributed by atoms with Crippen LogP contribution < -0.4 is 5.32 Å². The van der Waals surface area contributed by atoms with Crippen LogP contribution in [0.5, 0.6) is 0 Å². The fraction of sp³-hybridized carbons (Fsp3) is 0.500. The van der Waals surface area contributed by atoms with Crippen molar-refractivity contribution in [3.63, 3.8) is 0 Å². The predicted octanol–water partition coefficient (Wildman–Crippen LogP) is 1.22. The van der Waals surface area contributed by atoms with Crippen LogP contribution in [0.4, 0.5) is 0 Å². The summed E-state index contributed by atoms with van der Waals surface area (Å²) in [5.41, 5.74) is 1.33. The average molecular weight is 386 g/mol. The van der Waals surface area contributed by atoms with Gasteiger partial charge in [-0.25, -0.2) is 5.01 Å². The van der Waals surface area contributed by atoms with Crippen LogP contribution in [-0.4, -0.2) is 63.7 Å². The molecule has 8 heteroatoms. The van der Waals surface area contributed by atoms with Crippen LogP contribution in [0.1, 0.15) is 38.2 Å². The van der Waals surface area contributed by atoms with Crippen molar-refractivity contribution in [2.75, 3.05) is 13.1 Å². The van der Waals surface area contributed by atoms with Gasteiger partial charge in [-0.2, -0.15) is 5.10 Å². The third-order valence-corrected chi connectivity index (χ3v) is 5.25. The Morgan fingerprint density at radius 1 is 1.25 bits per heavy atom. The maximum absolute atomic E-state index is 12.5. The molecule has 2 N–H and O–H groups in total. The number of carboxylic acids is 1. The molecular weight excluding hydrogens is 360 g/mol. The standard InChI is InChI=1S/C20H26N4O4/c1-2-23(13-19(26)27)16-10-15(11-16)21-20(28)17-8-9-18(25)24(22-17)12-14-6-4-3-5-7-14/h3-7,15-16H,2,8-13H2,1H3,(H,21,28)(H,26,27). The van der Waals surface area contributed by atoms with Crippen LogP contribution in [-0.2, 0) is 20.9 Å². The Kier molecular flexibility index (Phi) is 6.41. The third kappa shape index (κ3) is 4.95. The van der Waals surface area contributed by atoms with Gasteiger partial charge in [0.2, 0.25) is 5.91 Å². The van der Waals surface area contributed by atoms with E-state index in [-0.39, 0.29) is 36.9 Å². The van der Waals surface area contributed by atoms with E-state index in [2.05, 4.69) is 10.4 Å². The maximum Gasteiger partial charge on any atom is 0.317 e. The molecule has 1 aromatic carbocycles. The molecular formula is C20H26N4O4. The minimum absolute atomic E-state index is 0.0169. The summed E-state index contributed by atoms with van der Waals surface area (Å²) in [6.45, 7) is 2.97. The Morgan fingerprint density at radius 3 is 2.61 bits per heavy atom. The van der Waals surface area contributed by atoms with Crippen LogP contribution in [0.15, 0.2) is 35.4 Å². The molecule has 0 bridgehead atoms. The van der Waals surface area contributed by atoms with Gasteiger partial charge >= 0.3 is 5.97 Å². The largest absolute Gasteiger partial charge is 0.480 e. The van der Waals surface area contributed by atoms with Crippen molar-refractivity contribution in [3.05, 3.63) is 35.9 Å². The van der Waals surface area contributed by atoms with E-state index in [9.17, 15) is 14.4 Å². The summed E-state index contributed by atoms with van der Waals surface area (Å²) in [5.74, 6) is -1.17. The van der Waals surface area contributed by atoms with Crippen LogP contribution in [0.25, 0.3) is 0 Å². The molecule has 0 unspecified atom stereocenters. The Balaban J connectivity index is 1.53. The molecule has 28 heavy (non-hydrogen) atoms. The molecule has 2 amide bonds. The van der Waals surface area contributed by atoms with Crippen LogP contribution in [0.3, 0.4) is 0 Å². The van der Waals surface area contributed by atoms with E-state index >= 15 is 0 Å². The first-order valence-electron chi connectivity index (χ1n) is 9.64. The lowest BCUT2D eigenvalue weighted by Crippen LogP contribution is -2.56. The van der Waals surface area contributed by atoms with Gasteiger partial charge in [-0.15, -0.1) is 0 Å². The molecule has 150 valence electrons. The minimum Gasteiger partial charge on any atom is -0.480 e. The summed E-state index contributed by atoms with van der Waals surface area (Å²) in [5, 5.41) is 17.6. The number of hydrogen-bond donors (Lipinski definition) is 2. The number of nitrogens with zero attached hydrogens (tertiary/aromatic N) is 3. The van der Waals surface area contributed by atoms with Crippen molar-refractivity contribution in [2.45, 2.75) is 51.2 Å². The van der Waals surface area contributed by atoms with Gasteiger partial charge in [0, 0.05) is 24.9 Å². The highest BCUT2D eigenvalue weighted by Gasteiger charge is 2.35. The van der Waals surface area contributed by atoms with Gasteiger partial charge in [0.15, 0.2) is 0 Å². The van der Waals surface area contributed by atoms with Gasteiger partial charge in [0.05, 0.1) is 13.1 Å². The lowest BCUT2D eigenvalue weighted by molar-refractivity contribution is -0.139. The first-order valence-corrected chi connectivity index (χ1v) is 9.64. The molecule has 0 radical (unpaired) electrons. The van der Waals surface area contributed by atoms with E-state index in [0.717, 1.165) is 18.4 Å². The zero-order chi connectivity index (χ0) is 20.1. The zero-order valence-electron chi connectivity index (χ0n) is 16.0. The highest BCUT2D eigenvalue weighted by atomic mass is 16.4. The van der Waals surface area contributed by atoms with E-state index in [1.54, 1.807) is 0 Å². The number of carboxylic acid groups (broad SMARTS) is 1. The van der Waals surface area contributed by atoms with Gasteiger partial charge in [0.1, 0.15) is 5.71 Å². The van der Waals surface area contributed by atoms with Crippen molar-refractivity contribution >= 4 is 23.5 Å². The number of likely N-dealkylation sites (N-methyl/N-ethyl adjacent to an activating group) is 1. The number of hydrogen-bond acceptors (Lipinski definition) is 5. The number of nitrogens with one attached hydrogen (secondary N) is 1. The molecule has 0 saturated heterocycles. The molecule has 0 aromatic heterocycles. The topological polar surface area (TPSA) is 102 Å². The van der Waals surface area contributed by atoms with Gasteiger partial charge in [-0.05, 0) is 24.9 Å². The van der Waals surface area contributed by atoms with Crippen molar-refractivity contribution in [1.29, 1.82) is 0 Å². The van der Waals surface area contributed by atoms with Crippen LogP contribution in [0.2, 0.25) is 0 Å². The van der Waals surface area contributed by atoms with Crippen molar-refractivity contribution in [3.8, 4) is 0 Å². The predicted molar refractivity (Wildman–Crippen MR) is 103 cm³/mol. The quantitative estimate of drug-likeness (QED) is 0.699. The Morgan fingerprint density at radius 2 is 1.96 bits per heavy atom. The van der Waals surface area contributed by atoms with E-state index in [1.807, 2.05) is 42.2 Å². The molecule has 1 fully saturated rings. The Hall–Kier alpha value is -2.74. The maximum atomic E-state index is 12.5. The fourth-order valence-electron chi connectivity index (χ4n) is 3.59. The molecule has 0 atom stereocenters. The molecule has 1 aliphatic heterocycles. The normalized spacial score (nSPS) is 21.9. The second-order valence-electron chi connectivity index (χ2n) is 7.24. The van der Waals surface area contributed by atoms with Gasteiger partial charge < -0.3 is 10.4 Å². The smallest absolute Gasteiger partial charge is 0.317 e. The summed E-state index contributed by atoms with van der Waals surface area (Å²) >= 11 is 0. The zero-order valence-corrected chi connectivity index (χ0v) is 16.0. The molecule has 8 nitrogen and oxygen atoms in total. The summed E-state index contributed by atoms with van der Waals surface area (Å²) < 4.78 is 0. The summed E-state index contributed by atoms with van der Waals surface area (Å²) in [7, 11) is 0. The SMILES string of the molecule is CCN(CC(=O)O)C1CC(NC(=O)C2=NN(Cc3ccccc3)C(=O)CC2)C1. The Bertz CT molecular complexity index is 759. The number of hydrazone groups is 1. The summed E-state index contributed by atoms with van der Waals surface area (Å²) in [4.78, 5) is 37.5. The fourth-order valence-corrected chi connectivity index (χ4v) is 3.59. The molecule has 0 spiro atoms. The third-order valence-electron chi connectivity index (χ3n) is 5.25. The van der Waals surface area contributed by atoms with E-state index in [1.165, 1.54) is 5.01 Å². The lowest BCUT2D eigenvalue weighted by atomic mass is 9.85. The summed E-state index contributed by atoms with van der Waals surface area (Å²) in [6.07, 6.45) is 2.07. The first kappa shape index (κ1) is 20.0. The van der Waals surface area contributed by atoms with Crippen molar-refractivity contribution < 1.29 is 19.5 Å². The van der Waals surface area contributed by atoms with E-state index < -0.39 is 5.97 Å². The molecule has 2 aliphatic rings. The van der Waals surface area contributed by atoms with Crippen molar-refractivity contribution in [1.82, 2.24) is 15.2 Å².